The van der Waals surface area contributed by atoms with Crippen molar-refractivity contribution in [2.45, 2.75) is 25.3 Å². The summed E-state index contributed by atoms with van der Waals surface area (Å²) in [5, 5.41) is 8.73. The van der Waals surface area contributed by atoms with E-state index < -0.39 is 0 Å². The average Bonchev–Trinajstić information content (AvgIpc) is 3.53. The molecule has 1 aliphatic carbocycles. The van der Waals surface area contributed by atoms with Crippen LogP contribution in [0.1, 0.15) is 46.1 Å². The van der Waals surface area contributed by atoms with Crippen molar-refractivity contribution >= 4 is 40.4 Å². The van der Waals surface area contributed by atoms with Gasteiger partial charge in [-0.1, -0.05) is 30.3 Å². The van der Waals surface area contributed by atoms with Gasteiger partial charge in [-0.15, -0.1) is 11.3 Å². The normalized spacial score (nSPS) is 20.5. The van der Waals surface area contributed by atoms with Crippen LogP contribution in [0.2, 0.25) is 0 Å². The molecule has 0 spiro atoms. The van der Waals surface area contributed by atoms with E-state index in [9.17, 15) is 4.79 Å². The average molecular weight is 485 g/mol. The fraction of sp³-hybridized carbons (Fsp3) is 0.310. The minimum Gasteiger partial charge on any atom is -0.378 e. The molecule has 3 aromatic rings. The van der Waals surface area contributed by atoms with E-state index in [1.54, 1.807) is 5.01 Å². The Labute approximate surface area is 212 Å². The summed E-state index contributed by atoms with van der Waals surface area (Å²) < 4.78 is 0. The molecule has 5 nitrogen and oxygen atoms in total. The molecule has 1 aliphatic heterocycles. The first kappa shape index (κ1) is 23.4. The number of amides is 1. The maximum Gasteiger partial charge on any atom is 0.284 e. The Kier molecular flexibility index (Phi) is 6.48. The zero-order valence-electron chi connectivity index (χ0n) is 20.8. The van der Waals surface area contributed by atoms with Crippen molar-refractivity contribution in [1.82, 2.24) is 5.01 Å². The highest BCUT2D eigenvalue weighted by Crippen LogP contribution is 2.45. The van der Waals surface area contributed by atoms with E-state index in [4.69, 9.17) is 5.10 Å². The van der Waals surface area contributed by atoms with Crippen LogP contribution in [0.4, 0.5) is 11.4 Å². The zero-order chi connectivity index (χ0) is 24.5. The lowest BCUT2D eigenvalue weighted by Gasteiger charge is -2.30. The molecule has 0 bridgehead atoms. The second-order valence-electron chi connectivity index (χ2n) is 9.70. The number of allylic oxidation sites excluding steroid dienone is 1. The molecule has 2 aliphatic rings. The molecular formula is C29H32N4OS. The van der Waals surface area contributed by atoms with Crippen LogP contribution in [0.5, 0.6) is 0 Å². The number of carbonyl (C=O) groups excluding carboxylic acids is 1. The standard InChI is InChI=1S/C29H32N4OS/c1-31(2)23-14-10-20(11-15-23)19-22-7-5-8-25-27(22)30-33(29(34)26-9-6-18-35-26)28(25)21-12-16-24(17-13-21)32(3)4/h6,9-19,25,28H,5,7-8H2,1-4H3/b22-19+/t25-,28+/m0/s1. The molecule has 0 saturated heterocycles. The van der Waals surface area contributed by atoms with Crippen molar-refractivity contribution < 1.29 is 4.79 Å². The van der Waals surface area contributed by atoms with Crippen molar-refractivity contribution in [3.05, 3.63) is 87.6 Å². The van der Waals surface area contributed by atoms with Gasteiger partial charge >= 0.3 is 0 Å². The number of hydrazone groups is 1. The van der Waals surface area contributed by atoms with E-state index in [1.165, 1.54) is 28.2 Å². The summed E-state index contributed by atoms with van der Waals surface area (Å²) in [5.41, 5.74) is 6.95. The van der Waals surface area contributed by atoms with E-state index in [1.807, 2.05) is 31.6 Å². The smallest absolute Gasteiger partial charge is 0.284 e. The Morgan fingerprint density at radius 2 is 1.63 bits per heavy atom. The maximum atomic E-state index is 13.6. The molecule has 1 amide bonds. The van der Waals surface area contributed by atoms with Crippen LogP contribution < -0.4 is 9.80 Å². The molecular weight excluding hydrogens is 452 g/mol. The summed E-state index contributed by atoms with van der Waals surface area (Å²) in [7, 11) is 8.19. The van der Waals surface area contributed by atoms with E-state index in [2.05, 4.69) is 78.5 Å². The minimum atomic E-state index is -0.0874. The molecule has 0 radical (unpaired) electrons. The van der Waals surface area contributed by atoms with Gasteiger partial charge in [0.25, 0.3) is 5.91 Å². The fourth-order valence-corrected chi connectivity index (χ4v) is 5.71. The quantitative estimate of drug-likeness (QED) is 0.426. The molecule has 5 rings (SSSR count). The summed E-state index contributed by atoms with van der Waals surface area (Å²) in [6, 6.07) is 20.9. The van der Waals surface area contributed by atoms with Crippen molar-refractivity contribution in [3.8, 4) is 0 Å². The second kappa shape index (κ2) is 9.70. The number of benzene rings is 2. The lowest BCUT2D eigenvalue weighted by atomic mass is 9.77. The molecule has 2 atom stereocenters. The number of fused-ring (bicyclic) bond motifs is 1. The summed E-state index contributed by atoms with van der Waals surface area (Å²) in [6.45, 7) is 0. The molecule has 0 unspecified atom stereocenters. The van der Waals surface area contributed by atoms with E-state index in [-0.39, 0.29) is 17.9 Å². The van der Waals surface area contributed by atoms with Gasteiger partial charge in [-0.2, -0.15) is 5.10 Å². The van der Waals surface area contributed by atoms with Crippen LogP contribution in [-0.2, 0) is 0 Å². The molecule has 1 aromatic heterocycles. The molecule has 2 aromatic carbocycles. The van der Waals surface area contributed by atoms with Crippen molar-refractivity contribution in [1.29, 1.82) is 0 Å². The Balaban J connectivity index is 1.53. The number of nitrogens with zero attached hydrogens (tertiary/aromatic N) is 4. The predicted molar refractivity (Wildman–Crippen MR) is 148 cm³/mol. The van der Waals surface area contributed by atoms with Crippen LogP contribution in [0, 0.1) is 5.92 Å². The SMILES string of the molecule is CN(C)c1ccc(/C=C2\CCC[C@H]3C2=NN(C(=O)c2cccs2)[C@@H]3c2ccc(N(C)C)cc2)cc1. The molecule has 6 heteroatoms. The summed E-state index contributed by atoms with van der Waals surface area (Å²) in [4.78, 5) is 18.5. The van der Waals surface area contributed by atoms with Gasteiger partial charge in [-0.25, -0.2) is 5.01 Å². The van der Waals surface area contributed by atoms with Gasteiger partial charge in [0, 0.05) is 45.5 Å². The third kappa shape index (κ3) is 4.63. The van der Waals surface area contributed by atoms with E-state index >= 15 is 0 Å². The summed E-state index contributed by atoms with van der Waals surface area (Å²) >= 11 is 1.48. The topological polar surface area (TPSA) is 39.1 Å². The molecule has 1 fully saturated rings. The van der Waals surface area contributed by atoms with Gasteiger partial charge in [0.15, 0.2) is 0 Å². The van der Waals surface area contributed by atoms with Gasteiger partial charge in [0.1, 0.15) is 0 Å². The van der Waals surface area contributed by atoms with Crippen molar-refractivity contribution in [3.63, 3.8) is 0 Å². The van der Waals surface area contributed by atoms with E-state index in [0.717, 1.165) is 41.1 Å². The third-order valence-corrected chi connectivity index (χ3v) is 7.80. The third-order valence-electron chi connectivity index (χ3n) is 6.94. The first-order valence-corrected chi connectivity index (χ1v) is 13.0. The number of rotatable bonds is 5. The molecule has 0 N–H and O–H groups in total. The summed E-state index contributed by atoms with van der Waals surface area (Å²) in [5.74, 6) is 0.184. The molecule has 35 heavy (non-hydrogen) atoms. The van der Waals surface area contributed by atoms with Crippen LogP contribution in [0.15, 0.2) is 76.7 Å². The molecule has 2 heterocycles. The molecule has 180 valence electrons. The highest BCUT2D eigenvalue weighted by Gasteiger charge is 2.44. The predicted octanol–water partition coefficient (Wildman–Crippen LogP) is 6.32. The first-order chi connectivity index (χ1) is 16.9. The minimum absolute atomic E-state index is 0.0155. The number of hydrogen-bond donors (Lipinski definition) is 0. The Hall–Kier alpha value is -3.38. The number of thiophene rings is 1. The lowest BCUT2D eigenvalue weighted by molar-refractivity contribution is 0.0686. The van der Waals surface area contributed by atoms with Gasteiger partial charge in [0.05, 0.1) is 16.6 Å². The highest BCUT2D eigenvalue weighted by atomic mass is 32.1. The number of anilines is 2. The lowest BCUT2D eigenvalue weighted by Crippen LogP contribution is -2.31. The summed E-state index contributed by atoms with van der Waals surface area (Å²) in [6.07, 6.45) is 5.37. The van der Waals surface area contributed by atoms with Gasteiger partial charge < -0.3 is 9.80 Å². The van der Waals surface area contributed by atoms with Crippen LogP contribution in [-0.4, -0.2) is 44.8 Å². The number of carbonyl (C=O) groups is 1. The van der Waals surface area contributed by atoms with Crippen molar-refractivity contribution in [2.75, 3.05) is 38.0 Å². The maximum absolute atomic E-state index is 13.6. The first-order valence-electron chi connectivity index (χ1n) is 12.1. The van der Waals surface area contributed by atoms with E-state index in [0.29, 0.717) is 0 Å². The van der Waals surface area contributed by atoms with Gasteiger partial charge in [-0.3, -0.25) is 4.79 Å². The van der Waals surface area contributed by atoms with Crippen LogP contribution in [0.3, 0.4) is 0 Å². The fourth-order valence-electron chi connectivity index (χ4n) is 5.05. The van der Waals surface area contributed by atoms with Crippen molar-refractivity contribution in [2.24, 2.45) is 11.0 Å². The van der Waals surface area contributed by atoms with Crippen LogP contribution in [0.25, 0.3) is 6.08 Å². The molecule has 1 saturated carbocycles. The Morgan fingerprint density at radius 3 is 2.23 bits per heavy atom. The second-order valence-corrected chi connectivity index (χ2v) is 10.6. The Bertz CT molecular complexity index is 1240. The zero-order valence-corrected chi connectivity index (χ0v) is 21.6. The van der Waals surface area contributed by atoms with Gasteiger partial charge in [0.2, 0.25) is 0 Å². The Morgan fingerprint density at radius 1 is 0.971 bits per heavy atom. The van der Waals surface area contributed by atoms with Gasteiger partial charge in [-0.05, 0) is 77.8 Å². The van der Waals surface area contributed by atoms with Crippen LogP contribution >= 0.6 is 11.3 Å². The number of hydrogen-bond acceptors (Lipinski definition) is 5. The monoisotopic (exact) mass is 484 g/mol. The highest BCUT2D eigenvalue weighted by molar-refractivity contribution is 7.12. The largest absolute Gasteiger partial charge is 0.378 e.